The quantitative estimate of drug-likeness (QED) is 0.573. The molecule has 7 nitrogen and oxygen atoms in total. The Balaban J connectivity index is 1.37. The molecule has 2 amide bonds. The number of rotatable bonds is 7. The summed E-state index contributed by atoms with van der Waals surface area (Å²) in [5, 5.41) is 3.35. The number of thiazole rings is 1. The molecule has 1 unspecified atom stereocenters. The summed E-state index contributed by atoms with van der Waals surface area (Å²) in [6.07, 6.45) is 5.33. The van der Waals surface area contributed by atoms with Gasteiger partial charge in [-0.2, -0.15) is 0 Å². The first-order chi connectivity index (χ1) is 15.4. The van der Waals surface area contributed by atoms with E-state index in [1.54, 1.807) is 30.6 Å². The van der Waals surface area contributed by atoms with Crippen molar-refractivity contribution in [2.75, 3.05) is 25.0 Å². The molecule has 1 aliphatic heterocycles. The first-order valence-corrected chi connectivity index (χ1v) is 11.2. The van der Waals surface area contributed by atoms with E-state index in [2.05, 4.69) is 15.3 Å². The lowest BCUT2D eigenvalue weighted by atomic mass is 9.76. The number of carbonyl (C=O) groups excluding carboxylic acids is 2. The van der Waals surface area contributed by atoms with E-state index in [0.29, 0.717) is 36.8 Å². The highest BCUT2D eigenvalue weighted by atomic mass is 32.1. The minimum atomic E-state index is -0.900. The molecule has 32 heavy (non-hydrogen) atoms. The molecule has 0 aliphatic carbocycles. The molecule has 3 N–H and O–H groups in total. The van der Waals surface area contributed by atoms with Gasteiger partial charge in [0, 0.05) is 30.2 Å². The maximum Gasteiger partial charge on any atom is 0.240 e. The van der Waals surface area contributed by atoms with Crippen molar-refractivity contribution in [1.29, 1.82) is 0 Å². The number of nitrogens with two attached hydrogens (primary N) is 1. The third-order valence-corrected chi connectivity index (χ3v) is 6.57. The summed E-state index contributed by atoms with van der Waals surface area (Å²) >= 11 is 1.38. The summed E-state index contributed by atoms with van der Waals surface area (Å²) in [5.74, 6) is -0.896. The normalized spacial score (nSPS) is 18.9. The zero-order valence-corrected chi connectivity index (χ0v) is 18.3. The number of hydrogen-bond acceptors (Lipinski definition) is 6. The van der Waals surface area contributed by atoms with Gasteiger partial charge >= 0.3 is 0 Å². The van der Waals surface area contributed by atoms with Gasteiger partial charge in [0.25, 0.3) is 0 Å². The molecule has 3 aromatic rings. The Morgan fingerprint density at radius 3 is 2.72 bits per heavy atom. The van der Waals surface area contributed by atoms with E-state index < -0.39 is 11.3 Å². The molecular weight excluding hydrogens is 429 g/mol. The average Bonchev–Trinajstić information content (AvgIpc) is 3.22. The highest BCUT2D eigenvalue weighted by molar-refractivity contribution is 7.15. The summed E-state index contributed by atoms with van der Waals surface area (Å²) in [6, 6.07) is 11.8. The molecular formula is C23H24FN5O2S. The van der Waals surface area contributed by atoms with Gasteiger partial charge in [-0.05, 0) is 49.2 Å². The minimum absolute atomic E-state index is 0.134. The van der Waals surface area contributed by atoms with Crippen molar-refractivity contribution in [3.63, 3.8) is 0 Å². The van der Waals surface area contributed by atoms with Gasteiger partial charge in [0.2, 0.25) is 11.8 Å². The van der Waals surface area contributed by atoms with Gasteiger partial charge in [-0.25, -0.2) is 9.37 Å². The van der Waals surface area contributed by atoms with Crippen molar-refractivity contribution in [1.82, 2.24) is 14.9 Å². The Morgan fingerprint density at radius 2 is 2.00 bits per heavy atom. The van der Waals surface area contributed by atoms with E-state index in [4.69, 9.17) is 5.73 Å². The molecule has 0 spiro atoms. The van der Waals surface area contributed by atoms with Crippen molar-refractivity contribution in [3.05, 3.63) is 76.8 Å². The predicted molar refractivity (Wildman–Crippen MR) is 121 cm³/mol. The molecule has 0 saturated carbocycles. The topological polar surface area (TPSA) is 101 Å². The number of anilines is 1. The number of benzene rings is 1. The standard InChI is InChI=1S/C23H24FN5O2S/c24-17-7-5-16(6-8-17)12-18-13-27-22(32-18)28-20(30)14-29-11-3-9-23(15-29,21(25)31)19-4-1-2-10-26-19/h1-2,4-8,10,13H,3,9,11-12,14-15H2,(H2,25,31)(H,27,28,30). The zero-order chi connectivity index (χ0) is 22.6. The van der Waals surface area contributed by atoms with Gasteiger partial charge in [0.1, 0.15) is 11.2 Å². The summed E-state index contributed by atoms with van der Waals surface area (Å²) in [7, 11) is 0. The molecule has 0 bridgehead atoms. The van der Waals surface area contributed by atoms with E-state index >= 15 is 0 Å². The number of amides is 2. The van der Waals surface area contributed by atoms with Crippen LogP contribution in [0.1, 0.15) is 29.0 Å². The lowest BCUT2D eigenvalue weighted by Gasteiger charge is -2.39. The van der Waals surface area contributed by atoms with Crippen molar-refractivity contribution >= 4 is 28.3 Å². The Morgan fingerprint density at radius 1 is 1.19 bits per heavy atom. The Kier molecular flexibility index (Phi) is 6.57. The summed E-state index contributed by atoms with van der Waals surface area (Å²) in [5.41, 5.74) is 6.50. The fourth-order valence-electron chi connectivity index (χ4n) is 4.07. The van der Waals surface area contributed by atoms with Crippen molar-refractivity contribution in [2.45, 2.75) is 24.7 Å². The number of carbonyl (C=O) groups is 2. The van der Waals surface area contributed by atoms with Crippen LogP contribution in [0, 0.1) is 5.82 Å². The lowest BCUT2D eigenvalue weighted by molar-refractivity contribution is -0.127. The first kappa shape index (κ1) is 22.0. The summed E-state index contributed by atoms with van der Waals surface area (Å²) in [4.78, 5) is 36.6. The Hall–Kier alpha value is -3.17. The number of likely N-dealkylation sites (tertiary alicyclic amines) is 1. The summed E-state index contributed by atoms with van der Waals surface area (Å²) < 4.78 is 13.1. The van der Waals surface area contributed by atoms with Crippen molar-refractivity contribution in [2.24, 2.45) is 5.73 Å². The fourth-order valence-corrected chi connectivity index (χ4v) is 4.94. The van der Waals surface area contributed by atoms with Crippen LogP contribution in [-0.4, -0.2) is 46.3 Å². The van der Waals surface area contributed by atoms with Gasteiger partial charge in [0.05, 0.1) is 12.2 Å². The number of hydrogen-bond donors (Lipinski definition) is 2. The summed E-state index contributed by atoms with van der Waals surface area (Å²) in [6.45, 7) is 1.18. The third kappa shape index (κ3) is 5.00. The first-order valence-electron chi connectivity index (χ1n) is 10.4. The van der Waals surface area contributed by atoms with Crippen LogP contribution >= 0.6 is 11.3 Å². The van der Waals surface area contributed by atoms with Crippen molar-refractivity contribution < 1.29 is 14.0 Å². The molecule has 4 rings (SSSR count). The van der Waals surface area contributed by atoms with Gasteiger partial charge in [-0.15, -0.1) is 11.3 Å². The number of nitrogens with one attached hydrogen (secondary N) is 1. The average molecular weight is 454 g/mol. The number of primary amides is 1. The van der Waals surface area contributed by atoms with E-state index in [0.717, 1.165) is 16.9 Å². The van der Waals surface area contributed by atoms with Gasteiger partial charge in [-0.3, -0.25) is 19.5 Å². The largest absolute Gasteiger partial charge is 0.369 e. The van der Waals surface area contributed by atoms with E-state index in [9.17, 15) is 14.0 Å². The number of halogens is 1. The van der Waals surface area contributed by atoms with Gasteiger partial charge < -0.3 is 11.1 Å². The van der Waals surface area contributed by atoms with Crippen LogP contribution in [0.2, 0.25) is 0 Å². The Labute approximate surface area is 189 Å². The van der Waals surface area contributed by atoms with Gasteiger partial charge in [-0.1, -0.05) is 18.2 Å². The number of aromatic nitrogens is 2. The molecule has 166 valence electrons. The number of piperidine rings is 1. The van der Waals surface area contributed by atoms with E-state index in [1.807, 2.05) is 17.0 Å². The molecule has 1 fully saturated rings. The fraction of sp³-hybridized carbons (Fsp3) is 0.304. The van der Waals surface area contributed by atoms with Crippen LogP contribution in [0.15, 0.2) is 54.9 Å². The molecule has 3 heterocycles. The van der Waals surface area contributed by atoms with Crippen molar-refractivity contribution in [3.8, 4) is 0 Å². The minimum Gasteiger partial charge on any atom is -0.369 e. The highest BCUT2D eigenvalue weighted by Crippen LogP contribution is 2.32. The molecule has 2 aromatic heterocycles. The zero-order valence-electron chi connectivity index (χ0n) is 17.5. The number of nitrogens with zero attached hydrogens (tertiary/aromatic N) is 3. The van der Waals surface area contributed by atoms with Crippen LogP contribution in [0.3, 0.4) is 0 Å². The van der Waals surface area contributed by atoms with Crippen LogP contribution in [0.25, 0.3) is 0 Å². The van der Waals surface area contributed by atoms with Crippen LogP contribution in [0.4, 0.5) is 9.52 Å². The smallest absolute Gasteiger partial charge is 0.240 e. The van der Waals surface area contributed by atoms with Crippen LogP contribution in [-0.2, 0) is 21.4 Å². The second-order valence-corrected chi connectivity index (χ2v) is 9.07. The SMILES string of the molecule is NC(=O)C1(c2ccccn2)CCCN(CC(=O)Nc2ncc(Cc3ccc(F)cc3)s2)C1. The maximum atomic E-state index is 13.1. The molecule has 0 radical (unpaired) electrons. The second-order valence-electron chi connectivity index (χ2n) is 7.96. The monoisotopic (exact) mass is 453 g/mol. The Bertz CT molecular complexity index is 1090. The second kappa shape index (κ2) is 9.54. The van der Waals surface area contributed by atoms with Crippen LogP contribution < -0.4 is 11.1 Å². The maximum absolute atomic E-state index is 13.1. The lowest BCUT2D eigenvalue weighted by Crippen LogP contribution is -2.55. The van der Waals surface area contributed by atoms with Gasteiger partial charge in [0.15, 0.2) is 5.13 Å². The highest BCUT2D eigenvalue weighted by Gasteiger charge is 2.43. The predicted octanol–water partition coefficient (Wildman–Crippen LogP) is 2.73. The van der Waals surface area contributed by atoms with Crippen LogP contribution in [0.5, 0.6) is 0 Å². The third-order valence-electron chi connectivity index (χ3n) is 5.66. The van der Waals surface area contributed by atoms with E-state index in [-0.39, 0.29) is 18.3 Å². The molecule has 1 aliphatic rings. The van der Waals surface area contributed by atoms with E-state index in [1.165, 1.54) is 23.5 Å². The molecule has 1 aromatic carbocycles. The number of pyridine rings is 1. The molecule has 1 atom stereocenters. The molecule has 1 saturated heterocycles. The molecule has 9 heteroatoms.